The van der Waals surface area contributed by atoms with Crippen molar-refractivity contribution in [3.63, 3.8) is 0 Å². The fourth-order valence-corrected chi connectivity index (χ4v) is 3.08. The predicted octanol–water partition coefficient (Wildman–Crippen LogP) is 1.75. The van der Waals surface area contributed by atoms with E-state index in [0.29, 0.717) is 18.4 Å². The lowest BCUT2D eigenvalue weighted by Crippen LogP contribution is -2.37. The summed E-state index contributed by atoms with van der Waals surface area (Å²) in [6, 6.07) is 6.12. The Hall–Kier alpha value is -2.76. The van der Waals surface area contributed by atoms with Crippen LogP contribution in [0.15, 0.2) is 36.4 Å². The minimum atomic E-state index is -0.682. The van der Waals surface area contributed by atoms with Crippen molar-refractivity contribution in [3.8, 4) is 5.75 Å². The lowest BCUT2D eigenvalue weighted by molar-refractivity contribution is -0.148. The molecule has 2 atom stereocenters. The molecule has 6 nitrogen and oxygen atoms in total. The van der Waals surface area contributed by atoms with Gasteiger partial charge in [-0.05, 0) is 44.0 Å². The van der Waals surface area contributed by atoms with Gasteiger partial charge in [-0.1, -0.05) is 12.2 Å². The Morgan fingerprint density at radius 1 is 1.04 bits per heavy atom. The minimum Gasteiger partial charge on any atom is -0.425 e. The number of nitrogens with zero attached hydrogens (tertiary/aromatic N) is 1. The quantitative estimate of drug-likeness (QED) is 0.277. The molecule has 0 spiro atoms. The molecule has 1 aromatic carbocycles. The van der Waals surface area contributed by atoms with Gasteiger partial charge in [0, 0.05) is 5.56 Å². The van der Waals surface area contributed by atoms with Crippen LogP contribution in [-0.4, -0.2) is 35.0 Å². The number of imide groups is 1. The fourth-order valence-electron chi connectivity index (χ4n) is 3.08. The number of esters is 1. The first kappa shape index (κ1) is 16.1. The summed E-state index contributed by atoms with van der Waals surface area (Å²) in [4.78, 5) is 48.8. The molecule has 2 aliphatic rings. The third-order valence-electron chi connectivity index (χ3n) is 4.38. The molecular weight excluding hydrogens is 310 g/mol. The summed E-state index contributed by atoms with van der Waals surface area (Å²) in [6.07, 6.45) is 4.86. The lowest BCUT2D eigenvalue weighted by atomic mass is 9.85. The monoisotopic (exact) mass is 327 g/mol. The zero-order valence-electron chi connectivity index (χ0n) is 13.2. The van der Waals surface area contributed by atoms with Crippen LogP contribution in [0.3, 0.4) is 0 Å². The number of hydrogen-bond donors (Lipinski definition) is 0. The van der Waals surface area contributed by atoms with Crippen molar-refractivity contribution in [3.05, 3.63) is 42.0 Å². The molecule has 0 radical (unpaired) electrons. The van der Waals surface area contributed by atoms with Gasteiger partial charge in [-0.2, -0.15) is 0 Å². The highest BCUT2D eigenvalue weighted by Crippen LogP contribution is 2.34. The SMILES string of the molecule is CC(=O)c1ccc(OC(=O)CN2C(=O)[C@H]3CC=CC[C@@H]3C2=O)cc1. The second-order valence-electron chi connectivity index (χ2n) is 5.97. The van der Waals surface area contributed by atoms with E-state index in [4.69, 9.17) is 4.74 Å². The summed E-state index contributed by atoms with van der Waals surface area (Å²) < 4.78 is 5.15. The largest absolute Gasteiger partial charge is 0.425 e. The average molecular weight is 327 g/mol. The predicted molar refractivity (Wildman–Crippen MR) is 84.2 cm³/mol. The second-order valence-corrected chi connectivity index (χ2v) is 5.97. The molecule has 0 aromatic heterocycles. The maximum absolute atomic E-state index is 12.3. The zero-order chi connectivity index (χ0) is 17.3. The number of hydrogen-bond acceptors (Lipinski definition) is 5. The standard InChI is InChI=1S/C18H17NO5/c1-11(20)12-6-8-13(9-7-12)24-16(21)10-19-17(22)14-4-2-3-5-15(14)18(19)23/h2-3,6-9,14-15H,4-5,10H2,1H3/t14-,15-/m0/s1. The molecule has 2 amide bonds. The molecule has 0 N–H and O–H groups in total. The Kier molecular flexibility index (Phi) is 4.29. The Morgan fingerprint density at radius 3 is 2.08 bits per heavy atom. The molecular formula is C18H17NO5. The van der Waals surface area contributed by atoms with Crippen LogP contribution in [0, 0.1) is 11.8 Å². The van der Waals surface area contributed by atoms with Gasteiger partial charge in [0.1, 0.15) is 12.3 Å². The molecule has 1 aliphatic heterocycles. The molecule has 1 aromatic rings. The molecule has 0 saturated carbocycles. The van der Waals surface area contributed by atoms with Crippen molar-refractivity contribution < 1.29 is 23.9 Å². The highest BCUT2D eigenvalue weighted by molar-refractivity contribution is 6.07. The number of ether oxygens (including phenoxy) is 1. The molecule has 0 unspecified atom stereocenters. The maximum atomic E-state index is 12.3. The van der Waals surface area contributed by atoms with Gasteiger partial charge in [-0.3, -0.25) is 19.3 Å². The van der Waals surface area contributed by atoms with E-state index in [1.807, 2.05) is 12.2 Å². The van der Waals surface area contributed by atoms with Crippen LogP contribution >= 0.6 is 0 Å². The summed E-state index contributed by atoms with van der Waals surface area (Å²) in [5, 5.41) is 0. The van der Waals surface area contributed by atoms with E-state index in [0.717, 1.165) is 4.90 Å². The van der Waals surface area contributed by atoms with Crippen LogP contribution in [0.2, 0.25) is 0 Å². The first-order chi connectivity index (χ1) is 11.5. The number of benzene rings is 1. The van der Waals surface area contributed by atoms with E-state index >= 15 is 0 Å². The smallest absolute Gasteiger partial charge is 0.331 e. The van der Waals surface area contributed by atoms with Crippen LogP contribution in [0.25, 0.3) is 0 Å². The molecule has 3 rings (SSSR count). The van der Waals surface area contributed by atoms with Gasteiger partial charge in [0.15, 0.2) is 5.78 Å². The van der Waals surface area contributed by atoms with Crippen LogP contribution < -0.4 is 4.74 Å². The molecule has 1 saturated heterocycles. The maximum Gasteiger partial charge on any atom is 0.331 e. The summed E-state index contributed by atoms with van der Waals surface area (Å²) in [5.74, 6) is -1.83. The zero-order valence-corrected chi connectivity index (χ0v) is 13.2. The number of carbonyl (C=O) groups excluding carboxylic acids is 4. The average Bonchev–Trinajstić information content (AvgIpc) is 2.81. The number of carbonyl (C=O) groups is 4. The Balaban J connectivity index is 1.63. The molecule has 24 heavy (non-hydrogen) atoms. The van der Waals surface area contributed by atoms with Crippen LogP contribution in [0.4, 0.5) is 0 Å². The second kappa shape index (κ2) is 6.39. The van der Waals surface area contributed by atoms with E-state index in [2.05, 4.69) is 0 Å². The first-order valence-corrected chi connectivity index (χ1v) is 7.79. The number of amides is 2. The Morgan fingerprint density at radius 2 is 1.58 bits per heavy atom. The van der Waals surface area contributed by atoms with Crippen LogP contribution in [0.1, 0.15) is 30.1 Å². The normalized spacial score (nSPS) is 22.5. The van der Waals surface area contributed by atoms with E-state index in [9.17, 15) is 19.2 Å². The van der Waals surface area contributed by atoms with Crippen molar-refractivity contribution in [2.75, 3.05) is 6.54 Å². The van der Waals surface area contributed by atoms with Gasteiger partial charge in [-0.25, -0.2) is 4.79 Å². The number of rotatable bonds is 4. The first-order valence-electron chi connectivity index (χ1n) is 7.79. The Bertz CT molecular complexity index is 708. The van der Waals surface area contributed by atoms with Gasteiger partial charge in [-0.15, -0.1) is 0 Å². The summed E-state index contributed by atoms with van der Waals surface area (Å²) in [7, 11) is 0. The third-order valence-corrected chi connectivity index (χ3v) is 4.38. The van der Waals surface area contributed by atoms with Crippen LogP contribution in [0.5, 0.6) is 5.75 Å². The highest BCUT2D eigenvalue weighted by atomic mass is 16.5. The minimum absolute atomic E-state index is 0.0858. The fraction of sp³-hybridized carbons (Fsp3) is 0.333. The van der Waals surface area contributed by atoms with Crippen molar-refractivity contribution in [1.29, 1.82) is 0 Å². The van der Waals surface area contributed by atoms with Gasteiger partial charge >= 0.3 is 5.97 Å². The van der Waals surface area contributed by atoms with E-state index in [1.165, 1.54) is 19.1 Å². The molecule has 124 valence electrons. The third kappa shape index (κ3) is 2.99. The number of fused-ring (bicyclic) bond motifs is 1. The summed E-state index contributed by atoms with van der Waals surface area (Å²) >= 11 is 0. The summed E-state index contributed by atoms with van der Waals surface area (Å²) in [6.45, 7) is 1.05. The number of likely N-dealkylation sites (tertiary alicyclic amines) is 1. The van der Waals surface area contributed by atoms with Crippen molar-refractivity contribution >= 4 is 23.6 Å². The van der Waals surface area contributed by atoms with Gasteiger partial charge in [0.25, 0.3) is 0 Å². The van der Waals surface area contributed by atoms with Gasteiger partial charge < -0.3 is 4.74 Å². The Labute approximate surface area is 139 Å². The van der Waals surface area contributed by atoms with E-state index in [1.54, 1.807) is 12.1 Å². The molecule has 6 heteroatoms. The molecule has 1 heterocycles. The van der Waals surface area contributed by atoms with Gasteiger partial charge in [0.2, 0.25) is 11.8 Å². The topological polar surface area (TPSA) is 80.8 Å². The lowest BCUT2D eigenvalue weighted by Gasteiger charge is -2.14. The highest BCUT2D eigenvalue weighted by Gasteiger charge is 2.47. The van der Waals surface area contributed by atoms with E-state index in [-0.39, 0.29) is 41.7 Å². The number of allylic oxidation sites excluding steroid dienone is 2. The number of Topliss-reactive ketones (excluding diaryl/α,β-unsaturated/α-hetero) is 1. The van der Waals surface area contributed by atoms with Crippen molar-refractivity contribution in [1.82, 2.24) is 4.90 Å². The van der Waals surface area contributed by atoms with E-state index < -0.39 is 5.97 Å². The van der Waals surface area contributed by atoms with Gasteiger partial charge in [0.05, 0.1) is 11.8 Å². The van der Waals surface area contributed by atoms with Crippen molar-refractivity contribution in [2.24, 2.45) is 11.8 Å². The van der Waals surface area contributed by atoms with Crippen molar-refractivity contribution in [2.45, 2.75) is 19.8 Å². The molecule has 1 aliphatic carbocycles. The molecule has 1 fully saturated rings. The number of ketones is 1. The molecule has 0 bridgehead atoms. The van der Waals surface area contributed by atoms with Crippen LogP contribution in [-0.2, 0) is 14.4 Å². The summed E-state index contributed by atoms with van der Waals surface area (Å²) in [5.41, 5.74) is 0.510.